The van der Waals surface area contributed by atoms with Crippen molar-refractivity contribution in [1.82, 2.24) is 4.98 Å². The second-order valence-electron chi connectivity index (χ2n) is 5.72. The molecule has 0 bridgehead atoms. The number of hydrogen-bond donors (Lipinski definition) is 1. The maximum absolute atomic E-state index is 13.2. The molecule has 1 fully saturated rings. The second kappa shape index (κ2) is 6.50. The van der Waals surface area contributed by atoms with E-state index < -0.39 is 6.43 Å². The van der Waals surface area contributed by atoms with Gasteiger partial charge in [0.2, 0.25) is 5.88 Å². The molecule has 2 N–H and O–H groups in total. The lowest BCUT2D eigenvalue weighted by Crippen LogP contribution is -2.27. The molecule has 6 heteroatoms. The molecule has 1 aromatic heterocycles. The summed E-state index contributed by atoms with van der Waals surface area (Å²) in [6.45, 7) is -0.00148. The largest absolute Gasteiger partial charge is 0.473 e. The van der Waals surface area contributed by atoms with Crippen molar-refractivity contribution < 1.29 is 13.5 Å². The van der Waals surface area contributed by atoms with Crippen molar-refractivity contribution in [3.05, 3.63) is 53.2 Å². The van der Waals surface area contributed by atoms with E-state index in [1.54, 1.807) is 25.2 Å². The third-order valence-electron chi connectivity index (χ3n) is 3.91. The molecule has 1 aromatic carbocycles. The molecule has 122 valence electrons. The van der Waals surface area contributed by atoms with E-state index in [0.29, 0.717) is 23.0 Å². The van der Waals surface area contributed by atoms with Gasteiger partial charge in [-0.25, -0.2) is 19.6 Å². The highest BCUT2D eigenvalue weighted by molar-refractivity contribution is 5.55. The Morgan fingerprint density at radius 2 is 2.00 bits per heavy atom. The monoisotopic (exact) mass is 319 g/mol. The maximum Gasteiger partial charge on any atom is 0.264 e. The average Bonchev–Trinajstić information content (AvgIpc) is 3.37. The third-order valence-corrected chi connectivity index (χ3v) is 3.91. The van der Waals surface area contributed by atoms with E-state index in [1.807, 2.05) is 12.1 Å². The Labute approximate surface area is 133 Å². The van der Waals surface area contributed by atoms with Crippen molar-refractivity contribution >= 4 is 5.69 Å². The molecule has 1 heterocycles. The van der Waals surface area contributed by atoms with Gasteiger partial charge in [0.05, 0.1) is 5.69 Å². The summed E-state index contributed by atoms with van der Waals surface area (Å²) in [4.78, 5) is 4.44. The molecule has 3 rings (SSSR count). The number of anilines is 1. The van der Waals surface area contributed by atoms with E-state index in [9.17, 15) is 8.78 Å². The predicted molar refractivity (Wildman–Crippen MR) is 84.5 cm³/mol. The molecule has 4 nitrogen and oxygen atoms in total. The van der Waals surface area contributed by atoms with Crippen LogP contribution in [0.2, 0.25) is 0 Å². The molecular formula is C17H19F2N3O. The van der Waals surface area contributed by atoms with E-state index in [2.05, 4.69) is 4.98 Å². The van der Waals surface area contributed by atoms with E-state index in [1.165, 1.54) is 11.1 Å². The lowest BCUT2D eigenvalue weighted by Gasteiger charge is -2.20. The van der Waals surface area contributed by atoms with Crippen molar-refractivity contribution in [2.75, 3.05) is 12.1 Å². The van der Waals surface area contributed by atoms with Crippen molar-refractivity contribution in [3.8, 4) is 5.88 Å². The summed E-state index contributed by atoms with van der Waals surface area (Å²) >= 11 is 0. The highest BCUT2D eigenvalue weighted by Crippen LogP contribution is 2.39. The Kier molecular flexibility index (Phi) is 4.43. The van der Waals surface area contributed by atoms with Crippen LogP contribution in [-0.2, 0) is 6.61 Å². The fraction of sp³-hybridized carbons (Fsp3) is 0.353. The Morgan fingerprint density at radius 3 is 2.65 bits per heavy atom. The third kappa shape index (κ3) is 3.59. The van der Waals surface area contributed by atoms with Gasteiger partial charge in [-0.15, -0.1) is 0 Å². The molecule has 0 spiro atoms. The summed E-state index contributed by atoms with van der Waals surface area (Å²) in [5.41, 5.74) is 1.83. The number of hydrazine groups is 1. The van der Waals surface area contributed by atoms with Gasteiger partial charge in [-0.05, 0) is 25.0 Å². The van der Waals surface area contributed by atoms with E-state index in [0.717, 1.165) is 18.5 Å². The molecule has 0 saturated heterocycles. The lowest BCUT2D eigenvalue weighted by molar-refractivity contribution is 0.148. The Bertz CT molecular complexity index is 661. The number of rotatable bonds is 6. The standard InChI is InChI=1S/C17H19F2N3O/c1-22(20)15-6-2-4-12(17(18)19)13(15)10-23-16-7-3-5-14(21-16)11-8-9-11/h2-7,11,17H,8-10,20H2,1H3. The normalized spacial score (nSPS) is 14.1. The first-order valence-electron chi connectivity index (χ1n) is 7.54. The summed E-state index contributed by atoms with van der Waals surface area (Å²) in [5, 5.41) is 1.32. The van der Waals surface area contributed by atoms with Crippen LogP contribution in [0.25, 0.3) is 0 Å². The van der Waals surface area contributed by atoms with Gasteiger partial charge in [0, 0.05) is 35.9 Å². The molecule has 1 aliphatic carbocycles. The number of halogens is 2. The molecule has 23 heavy (non-hydrogen) atoms. The van der Waals surface area contributed by atoms with Gasteiger partial charge >= 0.3 is 0 Å². The minimum Gasteiger partial charge on any atom is -0.473 e. The number of ether oxygens (including phenoxy) is 1. The predicted octanol–water partition coefficient (Wildman–Crippen LogP) is 3.79. The molecule has 0 radical (unpaired) electrons. The number of benzene rings is 1. The van der Waals surface area contributed by atoms with Gasteiger partial charge in [-0.1, -0.05) is 18.2 Å². The molecule has 2 aromatic rings. The van der Waals surface area contributed by atoms with Gasteiger partial charge in [0.1, 0.15) is 6.61 Å². The number of aromatic nitrogens is 1. The zero-order valence-electron chi connectivity index (χ0n) is 12.9. The molecule has 1 saturated carbocycles. The summed E-state index contributed by atoms with van der Waals surface area (Å²) in [7, 11) is 1.61. The topological polar surface area (TPSA) is 51.4 Å². The van der Waals surface area contributed by atoms with Crippen molar-refractivity contribution in [1.29, 1.82) is 0 Å². The van der Waals surface area contributed by atoms with Crippen molar-refractivity contribution in [2.45, 2.75) is 31.8 Å². The van der Waals surface area contributed by atoms with Crippen LogP contribution < -0.4 is 15.6 Å². The number of hydrogen-bond acceptors (Lipinski definition) is 4. The second-order valence-corrected chi connectivity index (χ2v) is 5.72. The zero-order chi connectivity index (χ0) is 16.4. The fourth-order valence-corrected chi connectivity index (χ4v) is 2.55. The number of nitrogens with two attached hydrogens (primary N) is 1. The Hall–Kier alpha value is -2.21. The lowest BCUT2D eigenvalue weighted by atomic mass is 10.1. The first-order chi connectivity index (χ1) is 11.1. The molecule has 0 amide bonds. The number of nitrogens with zero attached hydrogens (tertiary/aromatic N) is 2. The van der Waals surface area contributed by atoms with Crippen LogP contribution in [-0.4, -0.2) is 12.0 Å². The minimum atomic E-state index is -2.58. The molecule has 0 atom stereocenters. The summed E-state index contributed by atoms with van der Waals surface area (Å²) in [6.07, 6.45) is -0.293. The summed E-state index contributed by atoms with van der Waals surface area (Å²) in [6, 6.07) is 10.2. The average molecular weight is 319 g/mol. The van der Waals surface area contributed by atoms with E-state index in [-0.39, 0.29) is 12.2 Å². The van der Waals surface area contributed by atoms with E-state index in [4.69, 9.17) is 10.6 Å². The van der Waals surface area contributed by atoms with Gasteiger partial charge in [0.15, 0.2) is 0 Å². The molecule has 0 aliphatic heterocycles. The van der Waals surface area contributed by atoms with Crippen LogP contribution in [0.5, 0.6) is 5.88 Å². The smallest absolute Gasteiger partial charge is 0.264 e. The zero-order valence-corrected chi connectivity index (χ0v) is 12.9. The molecule has 0 unspecified atom stereocenters. The van der Waals surface area contributed by atoms with Crippen LogP contribution in [0.1, 0.15) is 42.0 Å². The fourth-order valence-electron chi connectivity index (χ4n) is 2.55. The van der Waals surface area contributed by atoms with Crippen LogP contribution in [0.4, 0.5) is 14.5 Å². The summed E-state index contributed by atoms with van der Waals surface area (Å²) < 4.78 is 32.2. The van der Waals surface area contributed by atoms with Gasteiger partial charge in [-0.3, -0.25) is 0 Å². The number of pyridine rings is 1. The number of alkyl halides is 2. The molecular weight excluding hydrogens is 300 g/mol. The highest BCUT2D eigenvalue weighted by Gasteiger charge is 2.25. The highest BCUT2D eigenvalue weighted by atomic mass is 19.3. The first-order valence-corrected chi connectivity index (χ1v) is 7.54. The van der Waals surface area contributed by atoms with Crippen molar-refractivity contribution in [3.63, 3.8) is 0 Å². The van der Waals surface area contributed by atoms with Gasteiger partial charge in [0.25, 0.3) is 6.43 Å². The first kappa shape index (κ1) is 15.7. The van der Waals surface area contributed by atoms with Crippen molar-refractivity contribution in [2.24, 2.45) is 5.84 Å². The van der Waals surface area contributed by atoms with E-state index >= 15 is 0 Å². The van der Waals surface area contributed by atoms with Gasteiger partial charge < -0.3 is 9.75 Å². The van der Waals surface area contributed by atoms with Crippen LogP contribution in [0.3, 0.4) is 0 Å². The minimum absolute atomic E-state index is 0.00148. The van der Waals surface area contributed by atoms with Crippen LogP contribution in [0.15, 0.2) is 36.4 Å². The van der Waals surface area contributed by atoms with Crippen LogP contribution in [0, 0.1) is 0 Å². The summed E-state index contributed by atoms with van der Waals surface area (Å²) in [5.74, 6) is 6.70. The molecule has 1 aliphatic rings. The van der Waals surface area contributed by atoms with Crippen LogP contribution >= 0.6 is 0 Å². The quantitative estimate of drug-likeness (QED) is 0.650. The Balaban J connectivity index is 1.83. The van der Waals surface area contributed by atoms with Gasteiger partial charge in [-0.2, -0.15) is 0 Å². The SMILES string of the molecule is CN(N)c1cccc(C(F)F)c1COc1cccc(C2CC2)n1. The Morgan fingerprint density at radius 1 is 1.26 bits per heavy atom. The maximum atomic E-state index is 13.2.